The highest BCUT2D eigenvalue weighted by molar-refractivity contribution is 5.96. The second-order valence-electron chi connectivity index (χ2n) is 6.63. The van der Waals surface area contributed by atoms with Crippen LogP contribution in [0.4, 0.5) is 5.69 Å². The van der Waals surface area contributed by atoms with E-state index < -0.39 is 5.60 Å². The van der Waals surface area contributed by atoms with Gasteiger partial charge in [0.05, 0.1) is 19.3 Å². The molecule has 1 amide bonds. The molecule has 0 aromatic heterocycles. The number of ether oxygens (including phenoxy) is 1. The number of benzene rings is 1. The van der Waals surface area contributed by atoms with Crippen LogP contribution in [-0.4, -0.2) is 55.3 Å². The van der Waals surface area contributed by atoms with Gasteiger partial charge in [-0.1, -0.05) is 0 Å². The van der Waals surface area contributed by atoms with Crippen molar-refractivity contribution < 1.29 is 14.6 Å². The zero-order chi connectivity index (χ0) is 16.3. The van der Waals surface area contributed by atoms with Crippen molar-refractivity contribution in [3.8, 4) is 5.75 Å². The molecular weight excluding hydrogens is 280 g/mol. The fraction of sp³-hybridized carbons (Fsp3) is 0.588. The van der Waals surface area contributed by atoms with E-state index >= 15 is 0 Å². The summed E-state index contributed by atoms with van der Waals surface area (Å²) in [6, 6.07) is 5.86. The minimum absolute atomic E-state index is 0.0675. The Hall–Kier alpha value is -1.59. The molecule has 1 N–H and O–H groups in total. The molecule has 122 valence electrons. The molecule has 1 aromatic rings. The van der Waals surface area contributed by atoms with Crippen LogP contribution in [0.1, 0.15) is 25.8 Å². The summed E-state index contributed by atoms with van der Waals surface area (Å²) >= 11 is 0. The molecule has 0 bridgehead atoms. The Morgan fingerprint density at radius 2 is 2.18 bits per heavy atom. The van der Waals surface area contributed by atoms with Crippen molar-refractivity contribution in [1.82, 2.24) is 4.90 Å². The first-order valence-electron chi connectivity index (χ1n) is 7.68. The van der Waals surface area contributed by atoms with Gasteiger partial charge in [-0.05, 0) is 57.5 Å². The van der Waals surface area contributed by atoms with Gasteiger partial charge in [-0.15, -0.1) is 0 Å². The normalized spacial score (nSPS) is 14.9. The van der Waals surface area contributed by atoms with E-state index in [4.69, 9.17) is 4.74 Å². The molecule has 0 atom stereocenters. The molecule has 5 heteroatoms. The van der Waals surface area contributed by atoms with Gasteiger partial charge in [0.1, 0.15) is 5.75 Å². The summed E-state index contributed by atoms with van der Waals surface area (Å²) in [6.45, 7) is 5.00. The van der Waals surface area contributed by atoms with Crippen LogP contribution in [0.2, 0.25) is 0 Å². The minimum atomic E-state index is -0.803. The van der Waals surface area contributed by atoms with E-state index in [1.165, 1.54) is 0 Å². The van der Waals surface area contributed by atoms with E-state index in [0.29, 0.717) is 13.1 Å². The molecule has 0 radical (unpaired) electrons. The Balaban J connectivity index is 2.09. The SMILES string of the molecule is COc1ccc2c(c1)CCCN2C(=O)CN(C)CC(C)(C)O. The van der Waals surface area contributed by atoms with Gasteiger partial charge in [0.25, 0.3) is 0 Å². The molecule has 0 unspecified atom stereocenters. The lowest BCUT2D eigenvalue weighted by molar-refractivity contribution is -0.120. The molecule has 0 spiro atoms. The van der Waals surface area contributed by atoms with Crippen molar-refractivity contribution in [2.24, 2.45) is 0 Å². The van der Waals surface area contributed by atoms with Crippen LogP contribution in [0.25, 0.3) is 0 Å². The molecule has 2 rings (SSSR count). The van der Waals surface area contributed by atoms with E-state index in [2.05, 4.69) is 0 Å². The predicted octanol–water partition coefficient (Wildman–Crippen LogP) is 1.68. The highest BCUT2D eigenvalue weighted by Gasteiger charge is 2.25. The molecule has 22 heavy (non-hydrogen) atoms. The van der Waals surface area contributed by atoms with Crippen LogP contribution in [-0.2, 0) is 11.2 Å². The van der Waals surface area contributed by atoms with Crippen molar-refractivity contribution in [2.75, 3.05) is 38.7 Å². The summed E-state index contributed by atoms with van der Waals surface area (Å²) < 4.78 is 5.26. The number of amides is 1. The van der Waals surface area contributed by atoms with E-state index in [-0.39, 0.29) is 5.91 Å². The second-order valence-corrected chi connectivity index (χ2v) is 6.63. The smallest absolute Gasteiger partial charge is 0.241 e. The third-order valence-corrected chi connectivity index (χ3v) is 3.77. The van der Waals surface area contributed by atoms with E-state index in [0.717, 1.165) is 36.4 Å². The summed E-state index contributed by atoms with van der Waals surface area (Å²) in [5, 5.41) is 9.85. The molecule has 0 saturated carbocycles. The standard InChI is InChI=1S/C17H26N2O3/c1-17(2,21)12-18(3)11-16(20)19-9-5-6-13-10-14(22-4)7-8-15(13)19/h7-8,10,21H,5-6,9,11-12H2,1-4H3. The number of aryl methyl sites for hydroxylation is 1. The van der Waals surface area contributed by atoms with Crippen molar-refractivity contribution >= 4 is 11.6 Å². The van der Waals surface area contributed by atoms with E-state index in [1.54, 1.807) is 21.0 Å². The third kappa shape index (κ3) is 4.21. The van der Waals surface area contributed by atoms with Gasteiger partial charge < -0.3 is 14.7 Å². The van der Waals surface area contributed by atoms with Gasteiger partial charge in [-0.25, -0.2) is 0 Å². The fourth-order valence-corrected chi connectivity index (χ4v) is 2.99. The second kappa shape index (κ2) is 6.67. The summed E-state index contributed by atoms with van der Waals surface area (Å²) in [5.74, 6) is 0.894. The molecule has 1 aromatic carbocycles. The third-order valence-electron chi connectivity index (χ3n) is 3.77. The molecular formula is C17H26N2O3. The largest absolute Gasteiger partial charge is 0.497 e. The Bertz CT molecular complexity index is 537. The van der Waals surface area contributed by atoms with Crippen molar-refractivity contribution in [3.05, 3.63) is 23.8 Å². The van der Waals surface area contributed by atoms with Gasteiger partial charge in [0, 0.05) is 18.8 Å². The maximum Gasteiger partial charge on any atom is 0.241 e. The molecule has 1 aliphatic rings. The van der Waals surface area contributed by atoms with E-state index in [9.17, 15) is 9.90 Å². The number of methoxy groups -OCH3 is 1. The van der Waals surface area contributed by atoms with Crippen LogP contribution < -0.4 is 9.64 Å². The lowest BCUT2D eigenvalue weighted by Crippen LogP contribution is -2.45. The first kappa shape index (κ1) is 16.8. The Morgan fingerprint density at radius 1 is 1.45 bits per heavy atom. The lowest BCUT2D eigenvalue weighted by atomic mass is 10.0. The number of carbonyl (C=O) groups is 1. The summed E-state index contributed by atoms with van der Waals surface area (Å²) in [4.78, 5) is 16.3. The molecule has 1 heterocycles. The highest BCUT2D eigenvalue weighted by Crippen LogP contribution is 2.30. The number of aliphatic hydroxyl groups is 1. The van der Waals surface area contributed by atoms with Gasteiger partial charge in [-0.2, -0.15) is 0 Å². The number of nitrogens with zero attached hydrogens (tertiary/aromatic N) is 2. The molecule has 1 aliphatic heterocycles. The Morgan fingerprint density at radius 3 is 2.82 bits per heavy atom. The number of hydrogen-bond acceptors (Lipinski definition) is 4. The number of fused-ring (bicyclic) bond motifs is 1. The lowest BCUT2D eigenvalue weighted by Gasteiger charge is -2.32. The van der Waals surface area contributed by atoms with Crippen LogP contribution in [0.5, 0.6) is 5.75 Å². The monoisotopic (exact) mass is 306 g/mol. The number of carbonyl (C=O) groups excluding carboxylic acids is 1. The van der Waals surface area contributed by atoms with Gasteiger partial charge in [0.15, 0.2) is 0 Å². The van der Waals surface area contributed by atoms with Crippen LogP contribution in [0.15, 0.2) is 18.2 Å². The summed E-state index contributed by atoms with van der Waals surface area (Å²) in [6.07, 6.45) is 1.93. The molecule has 5 nitrogen and oxygen atoms in total. The number of likely N-dealkylation sites (N-methyl/N-ethyl adjacent to an activating group) is 1. The van der Waals surface area contributed by atoms with Crippen molar-refractivity contribution in [3.63, 3.8) is 0 Å². The van der Waals surface area contributed by atoms with E-state index in [1.807, 2.05) is 35.0 Å². The first-order chi connectivity index (χ1) is 10.3. The first-order valence-corrected chi connectivity index (χ1v) is 7.68. The summed E-state index contributed by atoms with van der Waals surface area (Å²) in [7, 11) is 3.51. The number of anilines is 1. The van der Waals surface area contributed by atoms with Crippen LogP contribution in [0, 0.1) is 0 Å². The van der Waals surface area contributed by atoms with Crippen molar-refractivity contribution in [2.45, 2.75) is 32.3 Å². The quantitative estimate of drug-likeness (QED) is 0.899. The zero-order valence-corrected chi connectivity index (χ0v) is 13.9. The van der Waals surface area contributed by atoms with Crippen LogP contribution >= 0.6 is 0 Å². The molecule has 0 fully saturated rings. The number of rotatable bonds is 5. The molecule has 0 saturated heterocycles. The topological polar surface area (TPSA) is 53.0 Å². The summed E-state index contributed by atoms with van der Waals surface area (Å²) in [5.41, 5.74) is 1.33. The molecule has 0 aliphatic carbocycles. The average molecular weight is 306 g/mol. The van der Waals surface area contributed by atoms with Crippen LogP contribution in [0.3, 0.4) is 0 Å². The zero-order valence-electron chi connectivity index (χ0n) is 13.9. The minimum Gasteiger partial charge on any atom is -0.497 e. The predicted molar refractivity (Wildman–Crippen MR) is 87.5 cm³/mol. The van der Waals surface area contributed by atoms with Gasteiger partial charge in [-0.3, -0.25) is 9.69 Å². The van der Waals surface area contributed by atoms with Crippen molar-refractivity contribution in [1.29, 1.82) is 0 Å². The van der Waals surface area contributed by atoms with Gasteiger partial charge in [0.2, 0.25) is 5.91 Å². The Labute approximate surface area is 132 Å². The maximum absolute atomic E-state index is 12.6. The number of hydrogen-bond donors (Lipinski definition) is 1. The fourth-order valence-electron chi connectivity index (χ4n) is 2.99. The average Bonchev–Trinajstić information content (AvgIpc) is 2.43. The van der Waals surface area contributed by atoms with Gasteiger partial charge >= 0.3 is 0 Å². The highest BCUT2D eigenvalue weighted by atomic mass is 16.5. The Kier molecular flexibility index (Phi) is 5.08. The maximum atomic E-state index is 12.6.